The molecule has 0 aliphatic heterocycles. The highest BCUT2D eigenvalue weighted by Gasteiger charge is 2.61. The Hall–Kier alpha value is -0.120. The number of aliphatic hydroxyl groups is 2. The van der Waals surface area contributed by atoms with E-state index in [-0.39, 0.29) is 23.7 Å². The first-order valence-corrected chi connectivity index (χ1v) is 9.48. The molecule has 0 aromatic rings. The second-order valence-corrected chi connectivity index (χ2v) is 9.47. The molecule has 0 heterocycles. The van der Waals surface area contributed by atoms with Crippen LogP contribution in [0.4, 0.5) is 0 Å². The van der Waals surface area contributed by atoms with Crippen molar-refractivity contribution in [2.24, 2.45) is 40.2 Å². The van der Waals surface area contributed by atoms with E-state index in [1.54, 1.807) is 0 Å². The quantitative estimate of drug-likeness (QED) is 0.644. The molecular weight excluding hydrogens is 274 g/mol. The van der Waals surface area contributed by atoms with Crippen LogP contribution < -0.4 is 5.73 Å². The summed E-state index contributed by atoms with van der Waals surface area (Å²) in [5.41, 5.74) is 6.72. The van der Waals surface area contributed by atoms with Crippen LogP contribution in [0.2, 0.25) is 0 Å². The molecule has 22 heavy (non-hydrogen) atoms. The maximum atomic E-state index is 10.6. The van der Waals surface area contributed by atoms with Gasteiger partial charge >= 0.3 is 0 Å². The summed E-state index contributed by atoms with van der Waals surface area (Å²) in [6, 6.07) is -0.0209. The fraction of sp³-hybridized carbons (Fsp3) is 1.00. The third kappa shape index (κ3) is 1.91. The van der Waals surface area contributed by atoms with Crippen molar-refractivity contribution in [3.8, 4) is 0 Å². The lowest BCUT2D eigenvalue weighted by molar-refractivity contribution is -0.134. The van der Waals surface area contributed by atoms with Gasteiger partial charge in [0, 0.05) is 6.04 Å². The Morgan fingerprint density at radius 2 is 1.59 bits per heavy atom. The van der Waals surface area contributed by atoms with E-state index >= 15 is 0 Å². The standard InChI is InChI=1S/C19H33NO2/c1-18-7-5-12(21)9-11(18)3-4-13-14(18)6-8-19(2)15(13)10-16(20)17(19)22/h11-17,21-22H,3-10,20H2,1-2H3/t11-,12?,13?,14?,15?,16?,17?,18-,19-/m0/s1. The zero-order chi connectivity index (χ0) is 15.7. The molecule has 3 heteroatoms. The van der Waals surface area contributed by atoms with Crippen molar-refractivity contribution in [3.05, 3.63) is 0 Å². The van der Waals surface area contributed by atoms with E-state index in [4.69, 9.17) is 5.73 Å². The Labute approximate surface area is 134 Å². The van der Waals surface area contributed by atoms with Crippen LogP contribution in [0.1, 0.15) is 65.2 Å². The molecule has 4 rings (SSSR count). The second kappa shape index (κ2) is 4.94. The van der Waals surface area contributed by atoms with E-state index in [2.05, 4.69) is 13.8 Å². The molecule has 126 valence electrons. The molecule has 0 bridgehead atoms. The molecule has 4 aliphatic rings. The van der Waals surface area contributed by atoms with Crippen LogP contribution in [0.5, 0.6) is 0 Å². The second-order valence-electron chi connectivity index (χ2n) is 9.47. The molecule has 4 fully saturated rings. The van der Waals surface area contributed by atoms with Crippen molar-refractivity contribution in [1.82, 2.24) is 0 Å². The Balaban J connectivity index is 1.63. The molecule has 0 aromatic carbocycles. The van der Waals surface area contributed by atoms with E-state index < -0.39 is 0 Å². The van der Waals surface area contributed by atoms with Crippen molar-refractivity contribution in [1.29, 1.82) is 0 Å². The maximum Gasteiger partial charge on any atom is 0.0747 e. The molecule has 3 nitrogen and oxygen atoms in total. The van der Waals surface area contributed by atoms with Gasteiger partial charge in [0.2, 0.25) is 0 Å². The normalized spacial score (nSPS) is 61.2. The number of hydrogen-bond acceptors (Lipinski definition) is 3. The highest BCUT2D eigenvalue weighted by atomic mass is 16.3. The van der Waals surface area contributed by atoms with Gasteiger partial charge in [0.25, 0.3) is 0 Å². The number of hydrogen-bond donors (Lipinski definition) is 3. The van der Waals surface area contributed by atoms with Gasteiger partial charge in [-0.15, -0.1) is 0 Å². The molecule has 4 N–H and O–H groups in total. The number of fused-ring (bicyclic) bond motifs is 5. The average molecular weight is 307 g/mol. The molecule has 4 aliphatic carbocycles. The predicted molar refractivity (Wildman–Crippen MR) is 87.1 cm³/mol. The number of nitrogens with two attached hydrogens (primary N) is 1. The smallest absolute Gasteiger partial charge is 0.0747 e. The molecular formula is C19H33NO2. The fourth-order valence-electron chi connectivity index (χ4n) is 7.31. The summed E-state index contributed by atoms with van der Waals surface area (Å²) in [7, 11) is 0. The van der Waals surface area contributed by atoms with Crippen molar-refractivity contribution in [2.45, 2.75) is 83.5 Å². The zero-order valence-corrected chi connectivity index (χ0v) is 14.2. The van der Waals surface area contributed by atoms with Gasteiger partial charge in [0.1, 0.15) is 0 Å². The summed E-state index contributed by atoms with van der Waals surface area (Å²) in [6.45, 7) is 4.80. The molecule has 0 aromatic heterocycles. The van der Waals surface area contributed by atoms with Crippen LogP contribution >= 0.6 is 0 Å². The topological polar surface area (TPSA) is 66.5 Å². The van der Waals surface area contributed by atoms with Gasteiger partial charge in [0.05, 0.1) is 12.2 Å². The lowest BCUT2D eigenvalue weighted by Crippen LogP contribution is -2.54. The molecule has 0 radical (unpaired) electrons. The first-order valence-electron chi connectivity index (χ1n) is 9.48. The lowest BCUT2D eigenvalue weighted by Gasteiger charge is -2.60. The van der Waals surface area contributed by atoms with Crippen molar-refractivity contribution < 1.29 is 10.2 Å². The third-order valence-electron chi connectivity index (χ3n) is 8.68. The van der Waals surface area contributed by atoms with Crippen LogP contribution in [0, 0.1) is 34.5 Å². The summed E-state index contributed by atoms with van der Waals surface area (Å²) >= 11 is 0. The average Bonchev–Trinajstić information content (AvgIpc) is 2.72. The molecule has 6 unspecified atom stereocenters. The van der Waals surface area contributed by atoms with E-state index in [1.807, 2.05) is 0 Å². The summed E-state index contributed by atoms with van der Waals surface area (Å²) in [6.07, 6.45) is 8.79. The Morgan fingerprint density at radius 1 is 0.864 bits per heavy atom. The first kappa shape index (κ1) is 15.4. The summed E-state index contributed by atoms with van der Waals surface area (Å²) in [4.78, 5) is 0. The van der Waals surface area contributed by atoms with Crippen LogP contribution in [0.15, 0.2) is 0 Å². The van der Waals surface area contributed by atoms with E-state index in [9.17, 15) is 10.2 Å². The molecule has 0 spiro atoms. The summed E-state index contributed by atoms with van der Waals surface area (Å²) in [5, 5.41) is 20.7. The van der Waals surface area contributed by atoms with Crippen molar-refractivity contribution >= 4 is 0 Å². The van der Waals surface area contributed by atoms with Crippen LogP contribution in [-0.4, -0.2) is 28.5 Å². The van der Waals surface area contributed by atoms with Gasteiger partial charge in [0.15, 0.2) is 0 Å². The summed E-state index contributed by atoms with van der Waals surface area (Å²) in [5.74, 6) is 2.86. The van der Waals surface area contributed by atoms with Crippen LogP contribution in [0.25, 0.3) is 0 Å². The minimum absolute atomic E-state index is 0.0209. The van der Waals surface area contributed by atoms with Gasteiger partial charge < -0.3 is 15.9 Å². The van der Waals surface area contributed by atoms with Crippen LogP contribution in [0.3, 0.4) is 0 Å². The third-order valence-corrected chi connectivity index (χ3v) is 8.68. The first-order chi connectivity index (χ1) is 10.4. The highest BCUT2D eigenvalue weighted by molar-refractivity contribution is 5.12. The minimum atomic E-state index is -0.308. The molecule has 0 saturated heterocycles. The lowest BCUT2D eigenvalue weighted by atomic mass is 9.45. The SMILES string of the molecule is C[C@]12CCC3C(CC[C@H]4CC(O)CC[C@]34C)C1CC(N)C2O. The maximum absolute atomic E-state index is 10.6. The highest BCUT2D eigenvalue weighted by Crippen LogP contribution is 2.65. The fourth-order valence-corrected chi connectivity index (χ4v) is 7.31. The van der Waals surface area contributed by atoms with E-state index in [0.717, 1.165) is 37.5 Å². The van der Waals surface area contributed by atoms with Gasteiger partial charge in [-0.05, 0) is 85.9 Å². The number of rotatable bonds is 0. The van der Waals surface area contributed by atoms with E-state index in [1.165, 1.54) is 25.7 Å². The Kier molecular flexibility index (Phi) is 3.46. The van der Waals surface area contributed by atoms with Crippen LogP contribution in [-0.2, 0) is 0 Å². The molecule has 9 atom stereocenters. The Bertz CT molecular complexity index is 455. The zero-order valence-electron chi connectivity index (χ0n) is 14.2. The molecule has 4 saturated carbocycles. The van der Waals surface area contributed by atoms with Gasteiger partial charge in [-0.25, -0.2) is 0 Å². The minimum Gasteiger partial charge on any atom is -0.393 e. The number of aliphatic hydroxyl groups excluding tert-OH is 2. The Morgan fingerprint density at radius 3 is 2.36 bits per heavy atom. The van der Waals surface area contributed by atoms with E-state index in [0.29, 0.717) is 17.3 Å². The summed E-state index contributed by atoms with van der Waals surface area (Å²) < 4.78 is 0. The van der Waals surface area contributed by atoms with Gasteiger partial charge in [-0.1, -0.05) is 13.8 Å². The molecule has 0 amide bonds. The van der Waals surface area contributed by atoms with Gasteiger partial charge in [-0.3, -0.25) is 0 Å². The van der Waals surface area contributed by atoms with Crippen molar-refractivity contribution in [3.63, 3.8) is 0 Å². The van der Waals surface area contributed by atoms with Crippen molar-refractivity contribution in [2.75, 3.05) is 0 Å². The van der Waals surface area contributed by atoms with Gasteiger partial charge in [-0.2, -0.15) is 0 Å². The monoisotopic (exact) mass is 307 g/mol. The largest absolute Gasteiger partial charge is 0.393 e. The predicted octanol–water partition coefficient (Wildman–Crippen LogP) is 2.69.